The van der Waals surface area contributed by atoms with Gasteiger partial charge >= 0.3 is 12.1 Å². The molecule has 6 nitrogen and oxygen atoms in total. The van der Waals surface area contributed by atoms with E-state index in [1.807, 2.05) is 0 Å². The maximum atomic E-state index is 12.0. The minimum atomic E-state index is -1.04. The number of nitrogens with zero attached hydrogens (tertiary/aromatic N) is 1. The molecule has 0 aromatic rings. The third kappa shape index (κ3) is 3.87. The first kappa shape index (κ1) is 15.3. The molecule has 0 aromatic carbocycles. The summed E-state index contributed by atoms with van der Waals surface area (Å²) < 4.78 is 10.2. The van der Waals surface area contributed by atoms with Crippen molar-refractivity contribution >= 4 is 12.1 Å². The molecule has 1 N–H and O–H groups in total. The van der Waals surface area contributed by atoms with Crippen LogP contribution in [0.1, 0.15) is 27.2 Å². The number of hydrogen-bond donors (Lipinski definition) is 1. The molecule has 1 heterocycles. The van der Waals surface area contributed by atoms with Gasteiger partial charge in [-0.2, -0.15) is 0 Å². The standard InChI is InChI=1S/C13H21NO5/c1-8(18-5)9-6-10(11(15)16)14(7-9)12(17)19-13(2,3)4/h9-10H,1,6-7H2,2-5H3,(H,15,16)/t9-,10-/m0/s1. The molecule has 6 heteroatoms. The van der Waals surface area contributed by atoms with Crippen LogP contribution in [0, 0.1) is 5.92 Å². The van der Waals surface area contributed by atoms with Crippen LogP contribution in [0.4, 0.5) is 4.79 Å². The highest BCUT2D eigenvalue weighted by molar-refractivity contribution is 5.81. The molecule has 1 fully saturated rings. The fourth-order valence-corrected chi connectivity index (χ4v) is 1.99. The Morgan fingerprint density at radius 3 is 2.37 bits per heavy atom. The Bertz CT molecular complexity index is 385. The summed E-state index contributed by atoms with van der Waals surface area (Å²) >= 11 is 0. The summed E-state index contributed by atoms with van der Waals surface area (Å²) in [6.45, 7) is 9.19. The quantitative estimate of drug-likeness (QED) is 0.793. The molecule has 1 saturated heterocycles. The second-order valence-electron chi connectivity index (χ2n) is 5.59. The van der Waals surface area contributed by atoms with Crippen molar-refractivity contribution in [3.8, 4) is 0 Å². The summed E-state index contributed by atoms with van der Waals surface area (Å²) in [5, 5.41) is 9.18. The number of carbonyl (C=O) groups is 2. The van der Waals surface area contributed by atoms with Crippen LogP contribution in [0.25, 0.3) is 0 Å². The fourth-order valence-electron chi connectivity index (χ4n) is 1.99. The molecule has 0 spiro atoms. The molecule has 0 radical (unpaired) electrons. The van der Waals surface area contributed by atoms with Crippen LogP contribution >= 0.6 is 0 Å². The van der Waals surface area contributed by atoms with Crippen molar-refractivity contribution in [1.29, 1.82) is 0 Å². The zero-order valence-electron chi connectivity index (χ0n) is 11.8. The molecular weight excluding hydrogens is 250 g/mol. The van der Waals surface area contributed by atoms with Crippen molar-refractivity contribution in [2.45, 2.75) is 38.8 Å². The number of aliphatic carboxylic acids is 1. The third-order valence-corrected chi connectivity index (χ3v) is 2.93. The number of carboxylic acids is 1. The number of carboxylic acid groups (broad SMARTS) is 1. The molecular formula is C13H21NO5. The van der Waals surface area contributed by atoms with Crippen LogP contribution in [-0.4, -0.2) is 47.4 Å². The third-order valence-electron chi connectivity index (χ3n) is 2.93. The molecule has 0 unspecified atom stereocenters. The molecule has 0 aliphatic carbocycles. The van der Waals surface area contributed by atoms with Crippen LogP contribution in [-0.2, 0) is 14.3 Å². The lowest BCUT2D eigenvalue weighted by molar-refractivity contribution is -0.142. The van der Waals surface area contributed by atoms with Crippen LogP contribution in [0.5, 0.6) is 0 Å². The lowest BCUT2D eigenvalue weighted by Crippen LogP contribution is -2.43. The van der Waals surface area contributed by atoms with Gasteiger partial charge in [0.25, 0.3) is 0 Å². The van der Waals surface area contributed by atoms with E-state index in [0.717, 1.165) is 0 Å². The van der Waals surface area contributed by atoms with E-state index < -0.39 is 23.7 Å². The lowest BCUT2D eigenvalue weighted by Gasteiger charge is -2.26. The topological polar surface area (TPSA) is 76.1 Å². The Morgan fingerprint density at radius 2 is 1.95 bits per heavy atom. The van der Waals surface area contributed by atoms with E-state index in [1.165, 1.54) is 12.0 Å². The average Bonchev–Trinajstić information content (AvgIpc) is 2.70. The summed E-state index contributed by atoms with van der Waals surface area (Å²) in [7, 11) is 1.48. The van der Waals surface area contributed by atoms with Gasteiger partial charge < -0.3 is 14.6 Å². The smallest absolute Gasteiger partial charge is 0.411 e. The van der Waals surface area contributed by atoms with Gasteiger partial charge in [-0.05, 0) is 27.2 Å². The second kappa shape index (κ2) is 5.50. The summed E-state index contributed by atoms with van der Waals surface area (Å²) in [6.07, 6.45) is -0.326. The number of amides is 1. The first-order valence-corrected chi connectivity index (χ1v) is 6.11. The second-order valence-corrected chi connectivity index (χ2v) is 5.59. The SMILES string of the molecule is C=C(OC)[C@H]1C[C@@H](C(=O)O)N(C(=O)OC(C)(C)C)C1. The van der Waals surface area contributed by atoms with Crippen molar-refractivity contribution in [3.63, 3.8) is 0 Å². The molecule has 1 aliphatic rings. The average molecular weight is 271 g/mol. The van der Waals surface area contributed by atoms with Crippen molar-refractivity contribution in [3.05, 3.63) is 12.3 Å². The molecule has 0 aromatic heterocycles. The molecule has 108 valence electrons. The van der Waals surface area contributed by atoms with Gasteiger partial charge in [-0.1, -0.05) is 6.58 Å². The normalized spacial score (nSPS) is 23.1. The highest BCUT2D eigenvalue weighted by Gasteiger charge is 2.42. The maximum absolute atomic E-state index is 12.0. The van der Waals surface area contributed by atoms with Gasteiger partial charge in [-0.15, -0.1) is 0 Å². The van der Waals surface area contributed by atoms with Crippen LogP contribution in [0.3, 0.4) is 0 Å². The highest BCUT2D eigenvalue weighted by atomic mass is 16.6. The van der Waals surface area contributed by atoms with E-state index in [0.29, 0.717) is 12.2 Å². The number of carbonyl (C=O) groups excluding carboxylic acids is 1. The highest BCUT2D eigenvalue weighted by Crippen LogP contribution is 2.30. The molecule has 1 aliphatic heterocycles. The van der Waals surface area contributed by atoms with Gasteiger partial charge in [0.1, 0.15) is 11.6 Å². The number of hydrogen-bond acceptors (Lipinski definition) is 4. The van der Waals surface area contributed by atoms with Gasteiger partial charge in [0.05, 0.1) is 12.9 Å². The molecule has 2 atom stereocenters. The summed E-state index contributed by atoms with van der Waals surface area (Å²) in [5.41, 5.74) is -0.656. The van der Waals surface area contributed by atoms with Gasteiger partial charge in [-0.25, -0.2) is 9.59 Å². The first-order valence-electron chi connectivity index (χ1n) is 6.11. The Morgan fingerprint density at radius 1 is 1.37 bits per heavy atom. The van der Waals surface area contributed by atoms with E-state index in [1.54, 1.807) is 20.8 Å². The van der Waals surface area contributed by atoms with Gasteiger partial charge in [-0.3, -0.25) is 4.90 Å². The van der Waals surface area contributed by atoms with Crippen LogP contribution in [0.15, 0.2) is 12.3 Å². The van der Waals surface area contributed by atoms with Gasteiger partial charge in [0.2, 0.25) is 0 Å². The van der Waals surface area contributed by atoms with E-state index in [2.05, 4.69) is 6.58 Å². The zero-order chi connectivity index (χ0) is 14.8. The summed E-state index contributed by atoms with van der Waals surface area (Å²) in [4.78, 5) is 24.4. The largest absolute Gasteiger partial charge is 0.501 e. The van der Waals surface area contributed by atoms with Crippen molar-refractivity contribution in [2.24, 2.45) is 5.92 Å². The first-order chi connectivity index (χ1) is 8.65. The fraction of sp³-hybridized carbons (Fsp3) is 0.692. The van der Waals surface area contributed by atoms with Gasteiger partial charge in [0, 0.05) is 12.5 Å². The summed E-state index contributed by atoms with van der Waals surface area (Å²) in [5.74, 6) is -0.742. The number of rotatable bonds is 3. The molecule has 1 amide bonds. The number of likely N-dealkylation sites (tertiary alicyclic amines) is 1. The Balaban J connectivity index is 2.82. The van der Waals surface area contributed by atoms with Crippen molar-refractivity contribution in [2.75, 3.05) is 13.7 Å². The monoisotopic (exact) mass is 271 g/mol. The van der Waals surface area contributed by atoms with Gasteiger partial charge in [0.15, 0.2) is 0 Å². The maximum Gasteiger partial charge on any atom is 0.411 e. The zero-order valence-corrected chi connectivity index (χ0v) is 11.8. The summed E-state index contributed by atoms with van der Waals surface area (Å²) in [6, 6.07) is -0.897. The lowest BCUT2D eigenvalue weighted by atomic mass is 10.0. The van der Waals surface area contributed by atoms with E-state index in [-0.39, 0.29) is 12.5 Å². The van der Waals surface area contributed by atoms with E-state index in [9.17, 15) is 14.7 Å². The minimum Gasteiger partial charge on any atom is -0.501 e. The molecule has 1 rings (SSSR count). The Kier molecular flexibility index (Phi) is 4.44. The molecule has 0 bridgehead atoms. The predicted molar refractivity (Wildman–Crippen MR) is 68.6 cm³/mol. The minimum absolute atomic E-state index is 0.182. The number of methoxy groups -OCH3 is 1. The number of ether oxygens (including phenoxy) is 2. The van der Waals surface area contributed by atoms with Crippen LogP contribution < -0.4 is 0 Å². The molecule has 0 saturated carbocycles. The van der Waals surface area contributed by atoms with Crippen molar-refractivity contribution < 1.29 is 24.2 Å². The van der Waals surface area contributed by atoms with Crippen LogP contribution in [0.2, 0.25) is 0 Å². The van der Waals surface area contributed by atoms with Crippen molar-refractivity contribution in [1.82, 2.24) is 4.90 Å². The van der Waals surface area contributed by atoms with E-state index >= 15 is 0 Å². The van der Waals surface area contributed by atoms with E-state index in [4.69, 9.17) is 9.47 Å². The Hall–Kier alpha value is -1.72. The predicted octanol–water partition coefficient (Wildman–Crippen LogP) is 1.86. The Labute approximate surface area is 113 Å². The molecule has 19 heavy (non-hydrogen) atoms.